The highest BCUT2D eigenvalue weighted by Gasteiger charge is 2.16. The third kappa shape index (κ3) is 3.57. The molecular formula is C21H16FN3O2S. The molecular weight excluding hydrogens is 377 g/mol. The molecule has 5 nitrogen and oxygen atoms in total. The monoisotopic (exact) mass is 393 g/mol. The minimum atomic E-state index is -0.459. The number of aromatic nitrogens is 2. The Balaban J connectivity index is 1.60. The third-order valence-corrected chi connectivity index (χ3v) is 5.21. The quantitative estimate of drug-likeness (QED) is 0.564. The van der Waals surface area contributed by atoms with Crippen LogP contribution in [0.1, 0.15) is 15.9 Å². The number of amides is 1. The average Bonchev–Trinajstić information content (AvgIpc) is 3.14. The van der Waals surface area contributed by atoms with Gasteiger partial charge in [-0.25, -0.2) is 9.37 Å². The molecule has 0 saturated heterocycles. The van der Waals surface area contributed by atoms with Gasteiger partial charge in [0.05, 0.1) is 5.69 Å². The van der Waals surface area contributed by atoms with Crippen LogP contribution in [-0.2, 0) is 6.42 Å². The van der Waals surface area contributed by atoms with Crippen LogP contribution in [0.25, 0.3) is 16.2 Å². The van der Waals surface area contributed by atoms with Gasteiger partial charge in [0.2, 0.25) is 0 Å². The molecule has 2 aromatic carbocycles. The van der Waals surface area contributed by atoms with Crippen molar-refractivity contribution in [3.05, 3.63) is 93.5 Å². The first kappa shape index (κ1) is 18.1. The number of benzene rings is 2. The van der Waals surface area contributed by atoms with Crippen molar-refractivity contribution >= 4 is 22.2 Å². The van der Waals surface area contributed by atoms with Crippen LogP contribution in [0.3, 0.4) is 0 Å². The number of halogens is 1. The minimum absolute atomic E-state index is 0.0210. The van der Waals surface area contributed by atoms with Gasteiger partial charge in [0.25, 0.3) is 11.5 Å². The van der Waals surface area contributed by atoms with Gasteiger partial charge in [-0.1, -0.05) is 30.3 Å². The summed E-state index contributed by atoms with van der Waals surface area (Å²) < 4.78 is 14.6. The first-order chi connectivity index (χ1) is 13.6. The molecule has 2 aromatic heterocycles. The van der Waals surface area contributed by atoms with Crippen molar-refractivity contribution in [3.63, 3.8) is 0 Å². The summed E-state index contributed by atoms with van der Waals surface area (Å²) in [5, 5.41) is 4.55. The first-order valence-corrected chi connectivity index (χ1v) is 9.59. The lowest BCUT2D eigenvalue weighted by molar-refractivity contribution is 0.0952. The Morgan fingerprint density at radius 3 is 2.61 bits per heavy atom. The van der Waals surface area contributed by atoms with E-state index in [4.69, 9.17) is 0 Å². The number of hydrogen-bond acceptors (Lipinski definition) is 4. The molecule has 0 atom stereocenters. The lowest BCUT2D eigenvalue weighted by Crippen LogP contribution is -2.32. The van der Waals surface area contributed by atoms with Crippen molar-refractivity contribution in [3.8, 4) is 11.3 Å². The average molecular weight is 393 g/mol. The highest BCUT2D eigenvalue weighted by Crippen LogP contribution is 2.24. The molecule has 28 heavy (non-hydrogen) atoms. The summed E-state index contributed by atoms with van der Waals surface area (Å²) in [4.78, 5) is 30.1. The zero-order chi connectivity index (χ0) is 19.5. The number of fused-ring (bicyclic) bond motifs is 1. The highest BCUT2D eigenvalue weighted by atomic mass is 32.1. The highest BCUT2D eigenvalue weighted by molar-refractivity contribution is 7.15. The summed E-state index contributed by atoms with van der Waals surface area (Å²) >= 11 is 1.29. The molecule has 0 spiro atoms. The first-order valence-electron chi connectivity index (χ1n) is 8.71. The van der Waals surface area contributed by atoms with Gasteiger partial charge in [-0.05, 0) is 41.8 Å². The van der Waals surface area contributed by atoms with Gasteiger partial charge in [-0.3, -0.25) is 14.0 Å². The molecule has 140 valence electrons. The van der Waals surface area contributed by atoms with Crippen LogP contribution in [0.15, 0.2) is 71.0 Å². The number of carbonyl (C=O) groups is 1. The molecule has 0 aliphatic heterocycles. The molecule has 0 fully saturated rings. The fourth-order valence-electron chi connectivity index (χ4n) is 2.93. The Hall–Kier alpha value is -3.32. The second-order valence-corrected chi connectivity index (χ2v) is 7.05. The van der Waals surface area contributed by atoms with Gasteiger partial charge in [0.15, 0.2) is 4.96 Å². The lowest BCUT2D eigenvalue weighted by Gasteiger charge is -2.06. The maximum Gasteiger partial charge on any atom is 0.271 e. The Morgan fingerprint density at radius 1 is 1.11 bits per heavy atom. The van der Waals surface area contributed by atoms with Crippen LogP contribution >= 0.6 is 11.3 Å². The Bertz CT molecular complexity index is 1180. The predicted molar refractivity (Wildman–Crippen MR) is 107 cm³/mol. The fraction of sp³-hybridized carbons (Fsp3) is 0.0952. The van der Waals surface area contributed by atoms with E-state index >= 15 is 0 Å². The number of nitrogens with zero attached hydrogens (tertiary/aromatic N) is 2. The van der Waals surface area contributed by atoms with Crippen LogP contribution < -0.4 is 10.9 Å². The van der Waals surface area contributed by atoms with Gasteiger partial charge in [0.1, 0.15) is 11.4 Å². The number of hydrogen-bond donors (Lipinski definition) is 1. The summed E-state index contributed by atoms with van der Waals surface area (Å²) in [6.45, 7) is 0.416. The minimum Gasteiger partial charge on any atom is -0.351 e. The van der Waals surface area contributed by atoms with E-state index in [1.807, 2.05) is 30.3 Å². The van der Waals surface area contributed by atoms with Crippen molar-refractivity contribution < 1.29 is 9.18 Å². The van der Waals surface area contributed by atoms with Crippen molar-refractivity contribution in [2.24, 2.45) is 0 Å². The molecule has 4 aromatic rings. The fourth-order valence-corrected chi connectivity index (χ4v) is 3.79. The molecule has 0 unspecified atom stereocenters. The molecule has 0 bridgehead atoms. The standard InChI is InChI=1S/C21H16FN3O2S/c22-16-8-6-15(7-9-16)18-13-28-21-24-12-17(20(27)25(18)21)19(26)23-11-10-14-4-2-1-3-5-14/h1-9,12-13H,10-11H2,(H,23,26). The van der Waals surface area contributed by atoms with Gasteiger partial charge < -0.3 is 5.32 Å². The lowest BCUT2D eigenvalue weighted by atomic mass is 10.1. The molecule has 0 aliphatic carbocycles. The van der Waals surface area contributed by atoms with Crippen LogP contribution in [0.5, 0.6) is 0 Å². The Morgan fingerprint density at radius 2 is 1.86 bits per heavy atom. The molecule has 4 rings (SSSR count). The molecule has 0 saturated carbocycles. The second-order valence-electron chi connectivity index (χ2n) is 6.21. The summed E-state index contributed by atoms with van der Waals surface area (Å²) in [6, 6.07) is 15.6. The zero-order valence-electron chi connectivity index (χ0n) is 14.8. The van der Waals surface area contributed by atoms with E-state index < -0.39 is 11.5 Å². The topological polar surface area (TPSA) is 63.5 Å². The van der Waals surface area contributed by atoms with E-state index in [2.05, 4.69) is 10.3 Å². The van der Waals surface area contributed by atoms with Crippen LogP contribution in [0, 0.1) is 5.82 Å². The third-order valence-electron chi connectivity index (χ3n) is 4.37. The van der Waals surface area contributed by atoms with Crippen LogP contribution in [0.2, 0.25) is 0 Å². The summed E-state index contributed by atoms with van der Waals surface area (Å²) in [7, 11) is 0. The molecule has 2 heterocycles. The summed E-state index contributed by atoms with van der Waals surface area (Å²) in [5.74, 6) is -0.814. The number of rotatable bonds is 5. The van der Waals surface area contributed by atoms with Crippen molar-refractivity contribution in [1.29, 1.82) is 0 Å². The largest absolute Gasteiger partial charge is 0.351 e. The van der Waals surface area contributed by atoms with Crippen molar-refractivity contribution in [1.82, 2.24) is 14.7 Å². The van der Waals surface area contributed by atoms with Crippen molar-refractivity contribution in [2.75, 3.05) is 6.54 Å². The van der Waals surface area contributed by atoms with E-state index in [9.17, 15) is 14.0 Å². The molecule has 1 N–H and O–H groups in total. The smallest absolute Gasteiger partial charge is 0.271 e. The van der Waals surface area contributed by atoms with Gasteiger partial charge in [-0.15, -0.1) is 11.3 Å². The molecule has 0 radical (unpaired) electrons. The van der Waals surface area contributed by atoms with Gasteiger partial charge >= 0.3 is 0 Å². The van der Waals surface area contributed by atoms with E-state index in [1.165, 1.54) is 34.1 Å². The normalized spacial score (nSPS) is 10.9. The molecule has 0 aliphatic rings. The Labute approximate surface area is 164 Å². The van der Waals surface area contributed by atoms with E-state index in [0.717, 1.165) is 5.56 Å². The van der Waals surface area contributed by atoms with Gasteiger partial charge in [0, 0.05) is 18.1 Å². The zero-order valence-corrected chi connectivity index (χ0v) is 15.6. The van der Waals surface area contributed by atoms with E-state index in [1.54, 1.807) is 17.5 Å². The summed E-state index contributed by atoms with van der Waals surface area (Å²) in [5.41, 5.74) is 1.90. The number of carbonyl (C=O) groups excluding carboxylic acids is 1. The van der Waals surface area contributed by atoms with E-state index in [-0.39, 0.29) is 11.4 Å². The predicted octanol–water partition coefficient (Wildman–Crippen LogP) is 3.53. The van der Waals surface area contributed by atoms with Gasteiger partial charge in [-0.2, -0.15) is 0 Å². The molecule has 1 amide bonds. The van der Waals surface area contributed by atoms with Crippen molar-refractivity contribution in [2.45, 2.75) is 6.42 Å². The van der Waals surface area contributed by atoms with Crippen LogP contribution in [0.4, 0.5) is 4.39 Å². The SMILES string of the molecule is O=C(NCCc1ccccc1)c1cnc2scc(-c3ccc(F)cc3)n2c1=O. The second kappa shape index (κ2) is 7.74. The Kier molecular flexibility index (Phi) is 4.99. The maximum atomic E-state index is 13.2. The number of nitrogens with one attached hydrogen (secondary N) is 1. The maximum absolute atomic E-state index is 13.2. The summed E-state index contributed by atoms with van der Waals surface area (Å²) in [6.07, 6.45) is 1.98. The molecule has 7 heteroatoms. The number of thiazole rings is 1. The van der Waals surface area contributed by atoms with Crippen LogP contribution in [-0.4, -0.2) is 21.8 Å². The van der Waals surface area contributed by atoms with E-state index in [0.29, 0.717) is 29.2 Å².